The van der Waals surface area contributed by atoms with Gasteiger partial charge in [-0.3, -0.25) is 4.79 Å². The molecule has 0 aromatic heterocycles. The van der Waals surface area contributed by atoms with E-state index in [1.165, 1.54) is 12.8 Å². The van der Waals surface area contributed by atoms with Gasteiger partial charge in [-0.1, -0.05) is 36.4 Å². The van der Waals surface area contributed by atoms with E-state index in [0.29, 0.717) is 12.2 Å². The van der Waals surface area contributed by atoms with Crippen LogP contribution in [0.5, 0.6) is 5.75 Å². The molecule has 1 saturated heterocycles. The van der Waals surface area contributed by atoms with Crippen LogP contribution in [0.4, 0.5) is 0 Å². The van der Waals surface area contributed by atoms with Crippen molar-refractivity contribution in [3.8, 4) is 5.75 Å². The van der Waals surface area contributed by atoms with Crippen molar-refractivity contribution >= 4 is 16.7 Å². The van der Waals surface area contributed by atoms with Crippen molar-refractivity contribution in [2.24, 2.45) is 0 Å². The van der Waals surface area contributed by atoms with Gasteiger partial charge in [-0.25, -0.2) is 0 Å². The minimum absolute atomic E-state index is 0.145. The Balaban J connectivity index is 1.65. The molecular weight excluding hydrogens is 250 g/mol. The topological polar surface area (TPSA) is 29.5 Å². The van der Waals surface area contributed by atoms with Gasteiger partial charge in [0, 0.05) is 11.9 Å². The van der Waals surface area contributed by atoms with Gasteiger partial charge < -0.3 is 9.64 Å². The average Bonchev–Trinajstić information content (AvgIpc) is 2.99. The number of esters is 1. The van der Waals surface area contributed by atoms with Crippen LogP contribution < -0.4 is 4.74 Å². The van der Waals surface area contributed by atoms with Gasteiger partial charge in [0.25, 0.3) is 0 Å². The van der Waals surface area contributed by atoms with E-state index < -0.39 is 0 Å². The number of carbonyl (C=O) groups excluding carboxylic acids is 1. The molecule has 0 bridgehead atoms. The van der Waals surface area contributed by atoms with Crippen LogP contribution in [0, 0.1) is 0 Å². The van der Waals surface area contributed by atoms with E-state index in [1.54, 1.807) is 0 Å². The fourth-order valence-corrected chi connectivity index (χ4v) is 2.71. The van der Waals surface area contributed by atoms with Crippen molar-refractivity contribution in [2.45, 2.75) is 19.3 Å². The summed E-state index contributed by atoms with van der Waals surface area (Å²) in [7, 11) is 0. The molecule has 3 nitrogen and oxygen atoms in total. The fourth-order valence-electron chi connectivity index (χ4n) is 2.71. The standard InChI is InChI=1S/C17H19NO2/c19-17(10-13-18-11-3-4-12-18)20-16-9-5-7-14-6-1-2-8-15(14)16/h1-2,5-9H,3-4,10-13H2. The second kappa shape index (κ2) is 6.06. The second-order valence-electron chi connectivity index (χ2n) is 5.25. The lowest BCUT2D eigenvalue weighted by molar-refractivity contribution is -0.134. The summed E-state index contributed by atoms with van der Waals surface area (Å²) in [5.74, 6) is 0.516. The summed E-state index contributed by atoms with van der Waals surface area (Å²) in [6.45, 7) is 3.03. The third-order valence-corrected chi connectivity index (χ3v) is 3.80. The molecule has 0 saturated carbocycles. The molecule has 3 heteroatoms. The number of benzene rings is 2. The predicted octanol–water partition coefficient (Wildman–Crippen LogP) is 3.23. The Labute approximate surface area is 119 Å². The predicted molar refractivity (Wildman–Crippen MR) is 79.9 cm³/mol. The number of hydrogen-bond acceptors (Lipinski definition) is 3. The van der Waals surface area contributed by atoms with Gasteiger partial charge in [0.2, 0.25) is 0 Å². The average molecular weight is 269 g/mol. The molecule has 0 spiro atoms. The van der Waals surface area contributed by atoms with Crippen LogP contribution >= 0.6 is 0 Å². The van der Waals surface area contributed by atoms with Crippen LogP contribution in [0.1, 0.15) is 19.3 Å². The molecule has 3 rings (SSSR count). The Morgan fingerprint density at radius 1 is 1.05 bits per heavy atom. The lowest BCUT2D eigenvalue weighted by Gasteiger charge is -2.14. The molecule has 2 aromatic carbocycles. The third kappa shape index (κ3) is 2.99. The smallest absolute Gasteiger partial charge is 0.312 e. The molecule has 0 radical (unpaired) electrons. The van der Waals surface area contributed by atoms with Crippen molar-refractivity contribution in [3.05, 3.63) is 42.5 Å². The van der Waals surface area contributed by atoms with Crippen LogP contribution in [0.2, 0.25) is 0 Å². The molecule has 1 aliphatic rings. The van der Waals surface area contributed by atoms with Crippen molar-refractivity contribution < 1.29 is 9.53 Å². The van der Waals surface area contributed by atoms with Gasteiger partial charge in [-0.05, 0) is 37.4 Å². The molecule has 0 amide bonds. The van der Waals surface area contributed by atoms with Gasteiger partial charge in [0.15, 0.2) is 0 Å². The molecule has 104 valence electrons. The largest absolute Gasteiger partial charge is 0.426 e. The van der Waals surface area contributed by atoms with Crippen molar-refractivity contribution in [2.75, 3.05) is 19.6 Å². The molecule has 0 N–H and O–H groups in total. The Hall–Kier alpha value is -1.87. The first kappa shape index (κ1) is 13.1. The van der Waals surface area contributed by atoms with Crippen molar-refractivity contribution in [3.63, 3.8) is 0 Å². The Morgan fingerprint density at radius 3 is 2.65 bits per heavy atom. The number of rotatable bonds is 4. The lowest BCUT2D eigenvalue weighted by Crippen LogP contribution is -2.24. The summed E-state index contributed by atoms with van der Waals surface area (Å²) < 4.78 is 5.52. The highest BCUT2D eigenvalue weighted by molar-refractivity contribution is 5.90. The van der Waals surface area contributed by atoms with E-state index in [9.17, 15) is 4.79 Å². The minimum atomic E-state index is -0.145. The maximum absolute atomic E-state index is 12.0. The van der Waals surface area contributed by atoms with Crippen LogP contribution in [0.15, 0.2) is 42.5 Å². The molecule has 0 aliphatic carbocycles. The summed E-state index contributed by atoms with van der Waals surface area (Å²) in [6, 6.07) is 13.8. The molecule has 1 heterocycles. The molecule has 0 unspecified atom stereocenters. The first-order valence-electron chi connectivity index (χ1n) is 7.24. The van der Waals surface area contributed by atoms with Gasteiger partial charge >= 0.3 is 5.97 Å². The highest BCUT2D eigenvalue weighted by atomic mass is 16.5. The first-order chi connectivity index (χ1) is 9.83. The normalized spacial score (nSPS) is 15.6. The molecule has 20 heavy (non-hydrogen) atoms. The summed E-state index contributed by atoms with van der Waals surface area (Å²) in [5, 5.41) is 2.09. The fraction of sp³-hybridized carbons (Fsp3) is 0.353. The molecule has 0 atom stereocenters. The minimum Gasteiger partial charge on any atom is -0.426 e. The third-order valence-electron chi connectivity index (χ3n) is 3.80. The van der Waals surface area contributed by atoms with E-state index in [2.05, 4.69) is 4.90 Å². The number of ether oxygens (including phenoxy) is 1. The molecule has 2 aromatic rings. The van der Waals surface area contributed by atoms with Crippen molar-refractivity contribution in [1.29, 1.82) is 0 Å². The molecule has 1 fully saturated rings. The van der Waals surface area contributed by atoms with Gasteiger partial charge in [0.1, 0.15) is 5.75 Å². The lowest BCUT2D eigenvalue weighted by atomic mass is 10.1. The van der Waals surface area contributed by atoms with E-state index in [-0.39, 0.29) is 5.97 Å². The Bertz CT molecular complexity index is 597. The maximum Gasteiger partial charge on any atom is 0.312 e. The van der Waals surface area contributed by atoms with E-state index in [1.807, 2.05) is 42.5 Å². The molecule has 1 aliphatic heterocycles. The Morgan fingerprint density at radius 2 is 1.80 bits per heavy atom. The van der Waals surface area contributed by atoms with Crippen molar-refractivity contribution in [1.82, 2.24) is 4.90 Å². The van der Waals surface area contributed by atoms with E-state index >= 15 is 0 Å². The summed E-state index contributed by atoms with van der Waals surface area (Å²) in [4.78, 5) is 14.3. The van der Waals surface area contributed by atoms with Gasteiger partial charge in [0.05, 0.1) is 6.42 Å². The van der Waals surface area contributed by atoms with E-state index in [4.69, 9.17) is 4.74 Å². The zero-order valence-corrected chi connectivity index (χ0v) is 11.5. The quantitative estimate of drug-likeness (QED) is 0.630. The van der Waals surface area contributed by atoms with Crippen LogP contribution in [0.25, 0.3) is 10.8 Å². The summed E-state index contributed by atoms with van der Waals surface area (Å²) in [6.07, 6.45) is 2.96. The number of fused-ring (bicyclic) bond motifs is 1. The Kier molecular flexibility index (Phi) is 3.97. The summed E-state index contributed by atoms with van der Waals surface area (Å²) >= 11 is 0. The van der Waals surface area contributed by atoms with Gasteiger partial charge in [-0.2, -0.15) is 0 Å². The van der Waals surface area contributed by atoms with Crippen LogP contribution in [0.3, 0.4) is 0 Å². The highest BCUT2D eigenvalue weighted by Gasteiger charge is 2.14. The highest BCUT2D eigenvalue weighted by Crippen LogP contribution is 2.25. The second-order valence-corrected chi connectivity index (χ2v) is 5.25. The van der Waals surface area contributed by atoms with Crippen LogP contribution in [-0.2, 0) is 4.79 Å². The summed E-state index contributed by atoms with van der Waals surface area (Å²) in [5.41, 5.74) is 0. The van der Waals surface area contributed by atoms with Gasteiger partial charge in [-0.15, -0.1) is 0 Å². The van der Waals surface area contributed by atoms with Crippen LogP contribution in [-0.4, -0.2) is 30.5 Å². The number of nitrogens with zero attached hydrogens (tertiary/aromatic N) is 1. The number of hydrogen-bond donors (Lipinski definition) is 0. The zero-order valence-electron chi connectivity index (χ0n) is 11.5. The number of carbonyl (C=O) groups is 1. The first-order valence-corrected chi connectivity index (χ1v) is 7.24. The monoisotopic (exact) mass is 269 g/mol. The molecular formula is C17H19NO2. The SMILES string of the molecule is O=C(CCN1CCCC1)Oc1cccc2ccccc12. The maximum atomic E-state index is 12.0. The number of likely N-dealkylation sites (tertiary alicyclic amines) is 1. The van der Waals surface area contributed by atoms with E-state index in [0.717, 1.165) is 30.4 Å². The zero-order chi connectivity index (χ0) is 13.8.